The van der Waals surface area contributed by atoms with Gasteiger partial charge in [-0.1, -0.05) is 310 Å². The first-order chi connectivity index (χ1) is 38.5. The molecule has 0 aliphatic rings. The lowest BCUT2D eigenvalue weighted by Crippen LogP contribution is -2.30. The Balaban J connectivity index is 4.19. The van der Waals surface area contributed by atoms with E-state index in [2.05, 4.69) is 130 Å². The average Bonchev–Trinajstić information content (AvgIpc) is 3.44. The highest BCUT2D eigenvalue weighted by Crippen LogP contribution is 2.16. The average molecular weight is 1080 g/mol. The van der Waals surface area contributed by atoms with Crippen LogP contribution in [0.4, 0.5) is 0 Å². The lowest BCUT2D eigenvalue weighted by Gasteiger charge is -2.18. The molecule has 0 aliphatic carbocycles. The second-order valence-corrected chi connectivity index (χ2v) is 21.7. The van der Waals surface area contributed by atoms with Gasteiger partial charge in [0.25, 0.3) is 0 Å². The van der Waals surface area contributed by atoms with E-state index in [9.17, 15) is 14.4 Å². The maximum Gasteiger partial charge on any atom is 0.306 e. The van der Waals surface area contributed by atoms with Gasteiger partial charge < -0.3 is 14.2 Å². The zero-order valence-electron chi connectivity index (χ0n) is 51.2. The first-order valence-electron chi connectivity index (χ1n) is 32.9. The number of carbonyl (C=O) groups excluding carboxylic acids is 3. The van der Waals surface area contributed by atoms with E-state index in [0.29, 0.717) is 19.3 Å². The Morgan fingerprint density at radius 2 is 0.500 bits per heavy atom. The Morgan fingerprint density at radius 3 is 0.782 bits per heavy atom. The molecule has 0 N–H and O–H groups in total. The first-order valence-corrected chi connectivity index (χ1v) is 32.9. The molecule has 0 aromatic rings. The normalized spacial score (nSPS) is 12.8. The number of unbranched alkanes of at least 4 members (excludes halogenated alkanes) is 30. The topological polar surface area (TPSA) is 78.9 Å². The molecule has 0 fully saturated rings. The van der Waals surface area contributed by atoms with Crippen molar-refractivity contribution < 1.29 is 28.6 Å². The van der Waals surface area contributed by atoms with Crippen LogP contribution in [0.1, 0.15) is 310 Å². The summed E-state index contributed by atoms with van der Waals surface area (Å²) in [6.45, 7) is 6.53. The van der Waals surface area contributed by atoms with E-state index < -0.39 is 6.10 Å². The van der Waals surface area contributed by atoms with Crippen LogP contribution in [0.5, 0.6) is 0 Å². The molecule has 6 heteroatoms. The van der Waals surface area contributed by atoms with Gasteiger partial charge >= 0.3 is 17.9 Å². The molecule has 0 heterocycles. The third-order valence-electron chi connectivity index (χ3n) is 14.0. The Morgan fingerprint density at radius 1 is 0.269 bits per heavy atom. The van der Waals surface area contributed by atoms with Crippen LogP contribution in [0.25, 0.3) is 0 Å². The van der Waals surface area contributed by atoms with Gasteiger partial charge in [0.1, 0.15) is 13.2 Å². The molecule has 0 spiro atoms. The van der Waals surface area contributed by atoms with Gasteiger partial charge in [-0.3, -0.25) is 14.4 Å². The molecule has 1 atom stereocenters. The molecule has 0 saturated carbocycles. The Kier molecular flexibility index (Phi) is 62.3. The van der Waals surface area contributed by atoms with Gasteiger partial charge in [-0.15, -0.1) is 0 Å². The van der Waals surface area contributed by atoms with E-state index in [4.69, 9.17) is 14.2 Å². The van der Waals surface area contributed by atoms with Gasteiger partial charge in [0, 0.05) is 19.3 Å². The summed E-state index contributed by atoms with van der Waals surface area (Å²) in [4.78, 5) is 38.2. The molecular formula is C72H122O6. The third kappa shape index (κ3) is 62.9. The lowest BCUT2D eigenvalue weighted by atomic mass is 10.0. The van der Waals surface area contributed by atoms with Gasteiger partial charge in [-0.2, -0.15) is 0 Å². The van der Waals surface area contributed by atoms with Crippen LogP contribution >= 0.6 is 0 Å². The predicted octanol–water partition coefficient (Wildman–Crippen LogP) is 22.6. The summed E-state index contributed by atoms with van der Waals surface area (Å²) in [5.41, 5.74) is 0. The lowest BCUT2D eigenvalue weighted by molar-refractivity contribution is -0.167. The van der Waals surface area contributed by atoms with E-state index >= 15 is 0 Å². The fourth-order valence-corrected chi connectivity index (χ4v) is 9.14. The third-order valence-corrected chi connectivity index (χ3v) is 14.0. The minimum absolute atomic E-state index is 0.0769. The number of hydrogen-bond acceptors (Lipinski definition) is 6. The van der Waals surface area contributed by atoms with Crippen LogP contribution in [0.15, 0.2) is 109 Å². The van der Waals surface area contributed by atoms with Crippen LogP contribution in [-0.4, -0.2) is 37.2 Å². The second kappa shape index (κ2) is 65.6. The predicted molar refractivity (Wildman–Crippen MR) is 339 cm³/mol. The smallest absolute Gasteiger partial charge is 0.306 e. The standard InChI is InChI=1S/C72H122O6/c1-4-7-10-13-16-19-22-24-26-27-28-29-30-31-32-33-34-35-36-37-38-39-40-41-42-43-44-45-47-48-50-53-56-59-62-65-71(74)77-68-69(67-76-70(73)64-61-58-55-52-21-18-15-12-9-6-3)78-72(75)66-63-60-57-54-51-49-46-25-23-20-17-14-11-8-5-2/h7,10,16,19,24,26,28-29,31-32,34-35,37-38,40-41,43-44,69H,4-6,8-9,11-15,17-18,20-23,25,27,30,33,36,39,42,45-68H2,1-3H3/b10-7-,19-16-,26-24-,29-28-,32-31-,35-34-,38-37-,41-40-,44-43-. The van der Waals surface area contributed by atoms with Crippen molar-refractivity contribution in [1.82, 2.24) is 0 Å². The molecule has 446 valence electrons. The molecule has 0 bridgehead atoms. The molecule has 6 nitrogen and oxygen atoms in total. The summed E-state index contributed by atoms with van der Waals surface area (Å²) < 4.78 is 16.9. The SMILES string of the molecule is CC/C=C\C/C=C\C/C=C\C/C=C\C/C=C\C/C=C\C/C=C\C/C=C\C/C=C\CCCCCCCCCC(=O)OCC(COC(=O)CCCCCCCCCCCC)OC(=O)CCCCCCCCCCCCCCCCC. The summed E-state index contributed by atoms with van der Waals surface area (Å²) in [5, 5.41) is 0. The molecule has 0 radical (unpaired) electrons. The fraction of sp³-hybridized carbons (Fsp3) is 0.708. The number of esters is 3. The van der Waals surface area contributed by atoms with Crippen molar-refractivity contribution in [2.75, 3.05) is 13.2 Å². The van der Waals surface area contributed by atoms with Gasteiger partial charge in [0.2, 0.25) is 0 Å². The van der Waals surface area contributed by atoms with Gasteiger partial charge in [0.05, 0.1) is 0 Å². The molecule has 0 aromatic heterocycles. The van der Waals surface area contributed by atoms with Crippen LogP contribution in [-0.2, 0) is 28.6 Å². The molecule has 0 saturated heterocycles. The summed E-state index contributed by atoms with van der Waals surface area (Å²) in [6, 6.07) is 0. The van der Waals surface area contributed by atoms with E-state index in [0.717, 1.165) is 122 Å². The van der Waals surface area contributed by atoms with E-state index in [1.807, 2.05) is 0 Å². The van der Waals surface area contributed by atoms with Crippen molar-refractivity contribution in [3.05, 3.63) is 109 Å². The van der Waals surface area contributed by atoms with Gasteiger partial charge in [-0.05, 0) is 89.9 Å². The van der Waals surface area contributed by atoms with Crippen molar-refractivity contribution in [1.29, 1.82) is 0 Å². The quantitative estimate of drug-likeness (QED) is 0.0261. The van der Waals surface area contributed by atoms with Crippen molar-refractivity contribution in [2.24, 2.45) is 0 Å². The number of rotatable bonds is 59. The monoisotopic (exact) mass is 1080 g/mol. The number of carbonyl (C=O) groups is 3. The summed E-state index contributed by atoms with van der Waals surface area (Å²) in [7, 11) is 0. The van der Waals surface area contributed by atoms with Crippen molar-refractivity contribution in [2.45, 2.75) is 316 Å². The summed E-state index contributed by atoms with van der Waals surface area (Å²) in [5.74, 6) is -0.880. The fourth-order valence-electron chi connectivity index (χ4n) is 9.14. The highest BCUT2D eigenvalue weighted by atomic mass is 16.6. The second-order valence-electron chi connectivity index (χ2n) is 21.7. The summed E-state index contributed by atoms with van der Waals surface area (Å²) in [6.07, 6.45) is 89.6. The van der Waals surface area contributed by atoms with E-state index in [1.165, 1.54) is 148 Å². The summed E-state index contributed by atoms with van der Waals surface area (Å²) >= 11 is 0. The molecule has 0 aliphatic heterocycles. The Labute approximate surface area is 482 Å². The van der Waals surface area contributed by atoms with Crippen molar-refractivity contribution in [3.8, 4) is 0 Å². The minimum Gasteiger partial charge on any atom is -0.462 e. The number of allylic oxidation sites excluding steroid dienone is 18. The van der Waals surface area contributed by atoms with Crippen LogP contribution < -0.4 is 0 Å². The van der Waals surface area contributed by atoms with Crippen molar-refractivity contribution in [3.63, 3.8) is 0 Å². The molecular weight excluding hydrogens is 961 g/mol. The zero-order valence-corrected chi connectivity index (χ0v) is 51.2. The van der Waals surface area contributed by atoms with E-state index in [-0.39, 0.29) is 31.1 Å². The van der Waals surface area contributed by atoms with Crippen LogP contribution in [0.3, 0.4) is 0 Å². The van der Waals surface area contributed by atoms with Crippen molar-refractivity contribution >= 4 is 17.9 Å². The minimum atomic E-state index is -0.779. The van der Waals surface area contributed by atoms with Gasteiger partial charge in [0.15, 0.2) is 6.10 Å². The molecule has 0 amide bonds. The first kappa shape index (κ1) is 74.1. The Bertz CT molecular complexity index is 1570. The number of ether oxygens (including phenoxy) is 3. The number of hydrogen-bond donors (Lipinski definition) is 0. The van der Waals surface area contributed by atoms with E-state index in [1.54, 1.807) is 0 Å². The highest BCUT2D eigenvalue weighted by molar-refractivity contribution is 5.71. The Hall–Kier alpha value is -3.93. The highest BCUT2D eigenvalue weighted by Gasteiger charge is 2.19. The maximum atomic E-state index is 12.9. The largest absolute Gasteiger partial charge is 0.462 e. The molecule has 0 aromatic carbocycles. The van der Waals surface area contributed by atoms with Gasteiger partial charge in [-0.25, -0.2) is 0 Å². The zero-order chi connectivity index (χ0) is 56.4. The van der Waals surface area contributed by atoms with Crippen LogP contribution in [0, 0.1) is 0 Å². The van der Waals surface area contributed by atoms with Crippen LogP contribution in [0.2, 0.25) is 0 Å². The maximum absolute atomic E-state index is 12.9. The molecule has 78 heavy (non-hydrogen) atoms. The molecule has 1 unspecified atom stereocenters. The molecule has 0 rings (SSSR count).